The highest BCUT2D eigenvalue weighted by molar-refractivity contribution is 5.76. The van der Waals surface area contributed by atoms with Crippen molar-refractivity contribution in [3.63, 3.8) is 0 Å². The molecule has 0 aromatic carbocycles. The zero-order valence-corrected chi connectivity index (χ0v) is 48.0. The Hall–Kier alpha value is -1.66. The summed E-state index contributed by atoms with van der Waals surface area (Å²) in [6.45, 7) is 4.91. The van der Waals surface area contributed by atoms with Gasteiger partial charge in [-0.05, 0) is 57.8 Å². The van der Waals surface area contributed by atoms with Crippen LogP contribution in [0.4, 0.5) is 0 Å². The highest BCUT2D eigenvalue weighted by Gasteiger charge is 2.18. The average Bonchev–Trinajstić information content (AvgIpc) is 3.37. The molecule has 0 aliphatic rings. The molecule has 0 aliphatic heterocycles. The molecule has 0 fully saturated rings. The molecule has 71 heavy (non-hydrogen) atoms. The zero-order chi connectivity index (χ0) is 51.4. The molecule has 0 bridgehead atoms. The van der Waals surface area contributed by atoms with Crippen molar-refractivity contribution in [1.29, 1.82) is 0 Å². The third kappa shape index (κ3) is 57.5. The summed E-state index contributed by atoms with van der Waals surface area (Å²) in [7, 11) is 0. The summed E-state index contributed by atoms with van der Waals surface area (Å²) in [6, 6.07) is -0.625. The number of allylic oxidation sites excluding steroid dienone is 3. The van der Waals surface area contributed by atoms with Crippen LogP contribution in [-0.2, 0) is 14.3 Å². The van der Waals surface area contributed by atoms with Crippen LogP contribution in [0.5, 0.6) is 0 Å². The normalized spacial score (nSPS) is 12.7. The second-order valence-electron chi connectivity index (χ2n) is 22.1. The number of aliphatic hydroxyl groups is 2. The molecular formula is C65H125NO5. The molecule has 0 aromatic heterocycles. The molecule has 0 rings (SSSR count). The minimum atomic E-state index is -0.842. The molecule has 6 nitrogen and oxygen atoms in total. The van der Waals surface area contributed by atoms with Crippen LogP contribution < -0.4 is 5.32 Å². The van der Waals surface area contributed by atoms with Crippen LogP contribution in [0.15, 0.2) is 24.3 Å². The number of ether oxygens (including phenoxy) is 1. The predicted octanol–water partition coefficient (Wildman–Crippen LogP) is 20.2. The van der Waals surface area contributed by atoms with Crippen LogP contribution in [-0.4, -0.2) is 47.4 Å². The summed E-state index contributed by atoms with van der Waals surface area (Å²) in [5, 5.41) is 23.1. The van der Waals surface area contributed by atoms with E-state index in [9.17, 15) is 19.8 Å². The second kappa shape index (κ2) is 60.9. The number of amides is 1. The number of esters is 1. The fourth-order valence-corrected chi connectivity index (χ4v) is 10.0. The van der Waals surface area contributed by atoms with E-state index in [4.69, 9.17) is 4.74 Å². The lowest BCUT2D eigenvalue weighted by Gasteiger charge is -2.20. The fraction of sp³-hybridized carbons (Fsp3) is 0.908. The number of hydrogen-bond acceptors (Lipinski definition) is 5. The van der Waals surface area contributed by atoms with E-state index >= 15 is 0 Å². The highest BCUT2D eigenvalue weighted by Crippen LogP contribution is 2.18. The first-order chi connectivity index (χ1) is 35.0. The van der Waals surface area contributed by atoms with Gasteiger partial charge < -0.3 is 20.3 Å². The number of hydrogen-bond donors (Lipinski definition) is 3. The van der Waals surface area contributed by atoms with Gasteiger partial charge in [-0.25, -0.2) is 0 Å². The molecule has 0 saturated carbocycles. The number of rotatable bonds is 60. The van der Waals surface area contributed by atoms with Crippen LogP contribution in [0, 0.1) is 0 Å². The quantitative estimate of drug-likeness (QED) is 0.0320. The van der Waals surface area contributed by atoms with Gasteiger partial charge in [0, 0.05) is 12.8 Å². The zero-order valence-electron chi connectivity index (χ0n) is 48.0. The Balaban J connectivity index is 3.36. The summed E-state index contributed by atoms with van der Waals surface area (Å²) in [5.74, 6) is -0.0555. The van der Waals surface area contributed by atoms with Crippen molar-refractivity contribution in [2.75, 3.05) is 13.2 Å². The van der Waals surface area contributed by atoms with Crippen molar-refractivity contribution in [2.24, 2.45) is 0 Å². The van der Waals surface area contributed by atoms with Crippen molar-refractivity contribution in [3.05, 3.63) is 24.3 Å². The lowest BCUT2D eigenvalue weighted by Crippen LogP contribution is -2.45. The Labute approximate surface area is 443 Å². The topological polar surface area (TPSA) is 95.9 Å². The molecule has 0 radical (unpaired) electrons. The van der Waals surface area contributed by atoms with Gasteiger partial charge in [0.2, 0.25) is 5.91 Å². The van der Waals surface area contributed by atoms with Crippen LogP contribution in [0.3, 0.4) is 0 Å². The maximum Gasteiger partial charge on any atom is 0.305 e. The minimum Gasteiger partial charge on any atom is -0.466 e. The Morgan fingerprint density at radius 3 is 1.00 bits per heavy atom. The molecule has 420 valence electrons. The van der Waals surface area contributed by atoms with E-state index in [-0.39, 0.29) is 18.5 Å². The monoisotopic (exact) mass is 1000 g/mol. The summed E-state index contributed by atoms with van der Waals surface area (Å²) >= 11 is 0. The standard InChI is InChI=1S/C65H125NO5/c1-3-5-7-9-11-13-15-17-30-35-39-43-47-51-55-59-65(70)71-60-56-52-48-44-40-36-32-29-27-25-23-21-19-18-20-22-24-26-28-31-34-38-42-46-50-54-58-64(69)66-62(61-67)63(68)57-53-49-45-41-37-33-16-14-12-10-8-6-4-2/h17,30,53,57,62-63,67-68H,3-16,18-29,31-52,54-56,58-61H2,1-2H3,(H,66,69)/b30-17-,57-53+. The molecule has 3 N–H and O–H groups in total. The number of nitrogens with one attached hydrogen (secondary N) is 1. The first kappa shape index (κ1) is 69.3. The average molecular weight is 1000 g/mol. The molecule has 0 spiro atoms. The molecule has 0 aromatic rings. The van der Waals surface area contributed by atoms with E-state index in [1.807, 2.05) is 6.08 Å². The van der Waals surface area contributed by atoms with Gasteiger partial charge in [-0.2, -0.15) is 0 Å². The maximum atomic E-state index is 12.5. The molecule has 1 amide bonds. The van der Waals surface area contributed by atoms with E-state index in [0.29, 0.717) is 19.4 Å². The summed E-state index contributed by atoms with van der Waals surface area (Å²) in [4.78, 5) is 24.5. The van der Waals surface area contributed by atoms with E-state index < -0.39 is 12.1 Å². The highest BCUT2D eigenvalue weighted by atomic mass is 16.5. The van der Waals surface area contributed by atoms with Gasteiger partial charge in [0.05, 0.1) is 25.4 Å². The minimum absolute atomic E-state index is 0.00923. The lowest BCUT2D eigenvalue weighted by molar-refractivity contribution is -0.143. The summed E-state index contributed by atoms with van der Waals surface area (Å²) in [6.07, 6.45) is 75.2. The number of aliphatic hydroxyl groups excluding tert-OH is 2. The first-order valence-electron chi connectivity index (χ1n) is 32.1. The van der Waals surface area contributed by atoms with Crippen LogP contribution in [0.25, 0.3) is 0 Å². The van der Waals surface area contributed by atoms with Gasteiger partial charge in [-0.3, -0.25) is 9.59 Å². The maximum absolute atomic E-state index is 12.5. The van der Waals surface area contributed by atoms with Crippen molar-refractivity contribution in [3.8, 4) is 0 Å². The second-order valence-corrected chi connectivity index (χ2v) is 22.1. The van der Waals surface area contributed by atoms with E-state index in [1.165, 1.54) is 283 Å². The summed E-state index contributed by atoms with van der Waals surface area (Å²) < 4.78 is 5.49. The SMILES string of the molecule is CCCCCCCC/C=C\CCCCCCCC(=O)OCCCCCCCCCCCCCCCCCCCCCCCCCCCCC(=O)NC(CO)C(O)/C=C/CCCCCCCCCCCCC. The number of carbonyl (C=O) groups excluding carboxylic acids is 2. The first-order valence-corrected chi connectivity index (χ1v) is 32.1. The molecule has 6 heteroatoms. The van der Waals surface area contributed by atoms with Crippen LogP contribution in [0.1, 0.15) is 354 Å². The third-order valence-corrected chi connectivity index (χ3v) is 15.0. The number of unbranched alkanes of at least 4 members (excludes halogenated alkanes) is 47. The largest absolute Gasteiger partial charge is 0.466 e. The molecular weight excluding hydrogens is 875 g/mol. The molecule has 2 atom stereocenters. The van der Waals surface area contributed by atoms with Gasteiger partial charge in [0.15, 0.2) is 0 Å². The smallest absolute Gasteiger partial charge is 0.305 e. The van der Waals surface area contributed by atoms with Crippen molar-refractivity contribution >= 4 is 11.9 Å². The Morgan fingerprint density at radius 1 is 0.380 bits per heavy atom. The van der Waals surface area contributed by atoms with Crippen LogP contribution >= 0.6 is 0 Å². The molecule has 0 heterocycles. The molecule has 0 saturated heterocycles. The third-order valence-electron chi connectivity index (χ3n) is 15.0. The molecule has 2 unspecified atom stereocenters. The Bertz CT molecular complexity index is 1110. The van der Waals surface area contributed by atoms with Crippen molar-refractivity contribution in [1.82, 2.24) is 5.32 Å². The summed E-state index contributed by atoms with van der Waals surface area (Å²) in [5.41, 5.74) is 0. The van der Waals surface area contributed by atoms with Gasteiger partial charge in [-0.1, -0.05) is 308 Å². The van der Waals surface area contributed by atoms with E-state index in [0.717, 1.165) is 44.9 Å². The molecule has 0 aliphatic carbocycles. The predicted molar refractivity (Wildman–Crippen MR) is 310 cm³/mol. The fourth-order valence-electron chi connectivity index (χ4n) is 10.0. The Morgan fingerprint density at radius 2 is 0.662 bits per heavy atom. The van der Waals surface area contributed by atoms with Gasteiger partial charge in [-0.15, -0.1) is 0 Å². The Kier molecular flexibility index (Phi) is 59.5. The van der Waals surface area contributed by atoms with Gasteiger partial charge >= 0.3 is 5.97 Å². The van der Waals surface area contributed by atoms with Gasteiger partial charge in [0.1, 0.15) is 0 Å². The van der Waals surface area contributed by atoms with Gasteiger partial charge in [0.25, 0.3) is 0 Å². The number of carbonyl (C=O) groups is 2. The lowest BCUT2D eigenvalue weighted by atomic mass is 10.0. The van der Waals surface area contributed by atoms with Crippen molar-refractivity contribution in [2.45, 2.75) is 366 Å². The van der Waals surface area contributed by atoms with Crippen molar-refractivity contribution < 1.29 is 24.5 Å². The van der Waals surface area contributed by atoms with E-state index in [2.05, 4.69) is 31.3 Å². The van der Waals surface area contributed by atoms with Crippen LogP contribution in [0.2, 0.25) is 0 Å². The van der Waals surface area contributed by atoms with E-state index in [1.54, 1.807) is 6.08 Å².